The normalized spacial score (nSPS) is 11.5. The average Bonchev–Trinajstić information content (AvgIpc) is 3.33. The van der Waals surface area contributed by atoms with E-state index in [1.807, 2.05) is 171 Å². The van der Waals surface area contributed by atoms with Crippen LogP contribution in [-0.4, -0.2) is 17.1 Å². The van der Waals surface area contributed by atoms with Gasteiger partial charge in [0.15, 0.2) is 25.4 Å². The van der Waals surface area contributed by atoms with Crippen molar-refractivity contribution in [2.75, 3.05) is 0 Å². The Bertz CT molecular complexity index is 2880. The quantitative estimate of drug-likeness (QED) is 0.0630. The molecule has 1 heterocycles. The largest absolute Gasteiger partial charge is 0.506 e. The van der Waals surface area contributed by atoms with Crippen molar-refractivity contribution in [2.24, 2.45) is 0 Å². The van der Waals surface area contributed by atoms with E-state index < -0.39 is 43.2 Å². The predicted octanol–water partition coefficient (Wildman–Crippen LogP) is 11.8. The number of carbonyl (C=O) groups is 1. The number of allylic oxidation sites excluding steroid dienone is 3. The van der Waals surface area contributed by atoms with Crippen LogP contribution in [0.4, 0.5) is 13.2 Å². The molecule has 7 aromatic carbocycles. The first-order chi connectivity index (χ1) is 30.8. The molecule has 330 valence electrons. The zero-order valence-corrected chi connectivity index (χ0v) is 39.6. The number of carbonyl (C=O) groups excluding carboxylic acids is 1. The molecule has 8 aromatic rings. The second-order valence-corrected chi connectivity index (χ2v) is 20.5. The zero-order valence-electron chi connectivity index (χ0n) is 34.7. The molecule has 13 heteroatoms. The molecule has 0 radical (unpaired) electrons. The number of benzene rings is 7. The van der Waals surface area contributed by atoms with E-state index in [0.717, 1.165) is 36.7 Å². The molecular formula is C52H41F3GdO6P2S. The molecule has 1 N–H and O–H groups in total. The summed E-state index contributed by atoms with van der Waals surface area (Å²) in [5, 5.41) is 15.0. The number of aromatic hydroxyl groups is 1. The first-order valence-electron chi connectivity index (χ1n) is 19.7. The van der Waals surface area contributed by atoms with Crippen molar-refractivity contribution in [3.8, 4) is 5.75 Å². The standard InChI is InChI=1S/C18H15OP.C17H9F3O4S.C17H17OP.Gd/c19-20(16-10-4-1-5-11-16,17-12-6-2-7-13-17)18-14-8-3-9-15-18;18-17(19,20)15(22)12-13(21)10-7-4-8-11(14(10)24-16(12)23)25-9-5-2-1-3-6-9;1-3-15(4-2)19(18,16-11-7-5-8-12-16)17-13-9-6-10-14-17;/h1-15H;1-8,21H;3-14H,1H2,2H3;/b;;15-4+;. The van der Waals surface area contributed by atoms with Crippen molar-refractivity contribution in [3.63, 3.8) is 0 Å². The number of ketones is 1. The summed E-state index contributed by atoms with van der Waals surface area (Å²) in [5.41, 5.74) is -3.03. The maximum absolute atomic E-state index is 13.8. The molecule has 0 atom stereocenters. The van der Waals surface area contributed by atoms with Gasteiger partial charge in [-0.2, -0.15) is 13.2 Å². The van der Waals surface area contributed by atoms with Gasteiger partial charge in [-0.1, -0.05) is 206 Å². The minimum absolute atomic E-state index is 0. The van der Waals surface area contributed by atoms with Crippen LogP contribution >= 0.6 is 26.0 Å². The van der Waals surface area contributed by atoms with Crippen molar-refractivity contribution < 1.29 is 76.6 Å². The summed E-state index contributed by atoms with van der Waals surface area (Å²) in [6.45, 7) is 5.71. The molecule has 0 saturated heterocycles. The first kappa shape index (κ1) is 50.6. The Balaban J connectivity index is 0.000000184. The van der Waals surface area contributed by atoms with Gasteiger partial charge in [0.05, 0.1) is 10.3 Å². The van der Waals surface area contributed by atoms with Crippen LogP contribution < -0.4 is 32.1 Å². The van der Waals surface area contributed by atoms with Gasteiger partial charge < -0.3 is 18.7 Å². The van der Waals surface area contributed by atoms with E-state index >= 15 is 0 Å². The summed E-state index contributed by atoms with van der Waals surface area (Å²) in [6, 6.07) is 61.7. The summed E-state index contributed by atoms with van der Waals surface area (Å²) < 4.78 is 70.2. The zero-order chi connectivity index (χ0) is 45.7. The van der Waals surface area contributed by atoms with Gasteiger partial charge in [0.1, 0.15) is 5.75 Å². The minimum atomic E-state index is -5.30. The molecular weight excluding hydrogens is 1030 g/mol. The Morgan fingerprint density at radius 3 is 1.37 bits per heavy atom. The van der Waals surface area contributed by atoms with E-state index in [1.54, 1.807) is 36.4 Å². The van der Waals surface area contributed by atoms with Crippen molar-refractivity contribution in [1.29, 1.82) is 0 Å². The van der Waals surface area contributed by atoms with E-state index in [-0.39, 0.29) is 50.9 Å². The predicted molar refractivity (Wildman–Crippen MR) is 255 cm³/mol. The molecule has 65 heavy (non-hydrogen) atoms. The molecule has 0 aliphatic rings. The first-order valence-corrected chi connectivity index (χ1v) is 24.0. The number of fused-ring (bicyclic) bond motifs is 1. The maximum atomic E-state index is 13.8. The summed E-state index contributed by atoms with van der Waals surface area (Å²) in [6.07, 6.45) is -1.72. The Hall–Kier alpha value is -5.38. The summed E-state index contributed by atoms with van der Waals surface area (Å²) in [4.78, 5) is 24.5. The van der Waals surface area contributed by atoms with Crippen molar-refractivity contribution in [2.45, 2.75) is 22.9 Å². The number of para-hydroxylation sites is 1. The molecule has 0 unspecified atom stereocenters. The molecule has 0 fully saturated rings. The van der Waals surface area contributed by atoms with Crippen LogP contribution in [0.2, 0.25) is 0 Å². The van der Waals surface area contributed by atoms with Crippen molar-refractivity contribution >= 4 is 69.3 Å². The molecule has 0 aliphatic carbocycles. The Morgan fingerprint density at radius 1 is 0.615 bits per heavy atom. The van der Waals surface area contributed by atoms with E-state index in [4.69, 9.17) is 4.42 Å². The van der Waals surface area contributed by atoms with Crippen molar-refractivity contribution in [1.82, 2.24) is 0 Å². The van der Waals surface area contributed by atoms with Crippen LogP contribution in [0.1, 0.15) is 17.3 Å². The third kappa shape index (κ3) is 11.7. The Kier molecular flexibility index (Phi) is 18.1. The smallest absolute Gasteiger partial charge is 0.455 e. The van der Waals surface area contributed by atoms with Gasteiger partial charge in [-0.05, 0) is 31.2 Å². The average molecular weight is 1070 g/mol. The van der Waals surface area contributed by atoms with E-state index in [1.165, 1.54) is 23.9 Å². The van der Waals surface area contributed by atoms with Gasteiger partial charge in [0.25, 0.3) is 5.78 Å². The SMILES string of the molecule is C=C/C(=C\C)P(=O)(c1ccccc1)c1ccccc1.O=C(c1c(O)c2cccc(Sc3ccccc3)c2oc1=O)C(F)(F)F.O=P(c1ccccc1)(c1ccccc1)c1ccccc1.[Gd]. The van der Waals surface area contributed by atoms with Crippen molar-refractivity contribution in [3.05, 3.63) is 240 Å². The molecule has 0 aliphatic heterocycles. The fourth-order valence-electron chi connectivity index (χ4n) is 6.73. The molecule has 0 bridgehead atoms. The molecule has 6 nitrogen and oxygen atoms in total. The van der Waals surface area contributed by atoms with E-state index in [9.17, 15) is 37.0 Å². The van der Waals surface area contributed by atoms with Gasteiger partial charge in [0.2, 0.25) is 0 Å². The monoisotopic (exact) mass is 1070 g/mol. The number of hydrogen-bond acceptors (Lipinski definition) is 7. The van der Waals surface area contributed by atoms with Crippen LogP contribution in [0.5, 0.6) is 5.75 Å². The van der Waals surface area contributed by atoms with Crippen LogP contribution in [0.15, 0.2) is 243 Å². The summed E-state index contributed by atoms with van der Waals surface area (Å²) in [5.74, 6) is -3.48. The molecule has 0 saturated carbocycles. The molecule has 0 amide bonds. The second-order valence-electron chi connectivity index (χ2n) is 13.8. The Labute approximate surface area is 411 Å². The van der Waals surface area contributed by atoms with Gasteiger partial charge in [0, 0.05) is 76.7 Å². The molecule has 8 rings (SSSR count). The summed E-state index contributed by atoms with van der Waals surface area (Å²) >= 11 is 1.20. The number of Topliss-reactive ketones (excluding diaryl/α,β-unsaturated/α-hetero) is 1. The van der Waals surface area contributed by atoms with Gasteiger partial charge in [-0.3, -0.25) is 4.79 Å². The third-order valence-electron chi connectivity index (χ3n) is 9.79. The maximum Gasteiger partial charge on any atom is 0.455 e. The second kappa shape index (κ2) is 23.2. The fourth-order valence-corrected chi connectivity index (χ4v) is 13.0. The van der Waals surface area contributed by atoms with Gasteiger partial charge >= 0.3 is 11.8 Å². The Morgan fingerprint density at radius 2 is 1.00 bits per heavy atom. The fraction of sp³-hybridized carbons (Fsp3) is 0.0385. The van der Waals surface area contributed by atoms with Crippen LogP contribution in [0, 0.1) is 39.9 Å². The van der Waals surface area contributed by atoms with E-state index in [2.05, 4.69) is 6.58 Å². The van der Waals surface area contributed by atoms with Crippen LogP contribution in [0.25, 0.3) is 11.0 Å². The number of rotatable bonds is 10. The van der Waals surface area contributed by atoms with E-state index in [0.29, 0.717) is 4.90 Å². The number of halogens is 3. The minimum Gasteiger partial charge on any atom is -0.506 e. The molecule has 0 spiro atoms. The third-order valence-corrected chi connectivity index (χ3v) is 17.1. The topological polar surface area (TPSA) is 102 Å². The number of alkyl halides is 3. The number of hydrogen-bond donors (Lipinski definition) is 1. The van der Waals surface area contributed by atoms with Crippen LogP contribution in [0.3, 0.4) is 0 Å². The van der Waals surface area contributed by atoms with Crippen LogP contribution in [-0.2, 0) is 9.13 Å². The molecule has 1 aromatic heterocycles. The van der Waals surface area contributed by atoms with Gasteiger partial charge in [-0.25, -0.2) is 4.79 Å². The van der Waals surface area contributed by atoms with Gasteiger partial charge in [-0.15, -0.1) is 0 Å². The summed E-state index contributed by atoms with van der Waals surface area (Å²) in [7, 11) is -5.57.